The van der Waals surface area contributed by atoms with Crippen LogP contribution in [0.25, 0.3) is 0 Å². The van der Waals surface area contributed by atoms with Crippen LogP contribution in [0.4, 0.5) is 0 Å². The Bertz CT molecular complexity index is 822. The van der Waals surface area contributed by atoms with Crippen molar-refractivity contribution in [3.63, 3.8) is 0 Å². The fourth-order valence-corrected chi connectivity index (χ4v) is 3.55. The molecular formula is C21H27N3O3. The van der Waals surface area contributed by atoms with E-state index >= 15 is 0 Å². The molecule has 0 radical (unpaired) electrons. The minimum absolute atomic E-state index is 0.0397. The Labute approximate surface area is 159 Å². The molecule has 0 heterocycles. The maximum absolute atomic E-state index is 11.1. The van der Waals surface area contributed by atoms with Gasteiger partial charge in [-0.1, -0.05) is 56.3 Å². The van der Waals surface area contributed by atoms with E-state index < -0.39 is 17.4 Å². The number of rotatable bonds is 7. The van der Waals surface area contributed by atoms with Gasteiger partial charge in [0.2, 0.25) is 0 Å². The SMILES string of the molecule is CCN(CC)C1(c2ccccc2C(=N)N)C=CC(/C=C(\C)C(=O)O)C(O)=C1. The lowest BCUT2D eigenvalue weighted by molar-refractivity contribution is -0.132. The summed E-state index contributed by atoms with van der Waals surface area (Å²) in [5.74, 6) is -1.49. The Morgan fingerprint density at radius 1 is 1.33 bits per heavy atom. The van der Waals surface area contributed by atoms with E-state index in [1.54, 1.807) is 18.2 Å². The number of nitrogens with two attached hydrogens (primary N) is 1. The van der Waals surface area contributed by atoms with Gasteiger partial charge in [-0.25, -0.2) is 4.79 Å². The highest BCUT2D eigenvalue weighted by Crippen LogP contribution is 2.39. The first kappa shape index (κ1) is 20.5. The van der Waals surface area contributed by atoms with Crippen LogP contribution in [0.1, 0.15) is 31.9 Å². The van der Waals surface area contributed by atoms with Crippen LogP contribution < -0.4 is 5.73 Å². The molecule has 0 aromatic heterocycles. The van der Waals surface area contributed by atoms with Gasteiger partial charge in [0.1, 0.15) is 11.6 Å². The summed E-state index contributed by atoms with van der Waals surface area (Å²) in [5, 5.41) is 27.8. The largest absolute Gasteiger partial charge is 0.512 e. The van der Waals surface area contributed by atoms with Crippen molar-refractivity contribution >= 4 is 11.8 Å². The molecule has 0 saturated carbocycles. The molecule has 1 aromatic rings. The molecule has 0 amide bonds. The van der Waals surface area contributed by atoms with Crippen molar-refractivity contribution in [2.24, 2.45) is 11.7 Å². The van der Waals surface area contributed by atoms with Crippen molar-refractivity contribution in [3.05, 3.63) is 71.0 Å². The average molecular weight is 369 g/mol. The highest BCUT2D eigenvalue weighted by atomic mass is 16.4. The van der Waals surface area contributed by atoms with Crippen molar-refractivity contribution in [3.8, 4) is 0 Å². The number of amidine groups is 1. The number of aliphatic hydroxyl groups excluding tert-OH is 1. The van der Waals surface area contributed by atoms with Gasteiger partial charge in [-0.05, 0) is 31.7 Å². The number of aliphatic hydroxyl groups is 1. The summed E-state index contributed by atoms with van der Waals surface area (Å²) in [5.41, 5.74) is 6.62. The van der Waals surface area contributed by atoms with Crippen molar-refractivity contribution in [2.45, 2.75) is 26.3 Å². The van der Waals surface area contributed by atoms with E-state index in [9.17, 15) is 9.90 Å². The summed E-state index contributed by atoms with van der Waals surface area (Å²) >= 11 is 0. The molecule has 144 valence electrons. The third-order valence-electron chi connectivity index (χ3n) is 4.97. The zero-order valence-electron chi connectivity index (χ0n) is 15.9. The van der Waals surface area contributed by atoms with Gasteiger partial charge in [0, 0.05) is 11.1 Å². The second-order valence-electron chi connectivity index (χ2n) is 6.57. The van der Waals surface area contributed by atoms with Crippen molar-refractivity contribution in [1.29, 1.82) is 5.41 Å². The minimum atomic E-state index is -1.02. The number of nitrogen functional groups attached to an aromatic ring is 1. The Kier molecular flexibility index (Phi) is 6.23. The number of aliphatic carboxylic acids is 1. The number of likely N-dealkylation sites (N-methyl/N-ethyl adjacent to an activating group) is 1. The van der Waals surface area contributed by atoms with Crippen molar-refractivity contribution in [1.82, 2.24) is 4.90 Å². The van der Waals surface area contributed by atoms with Crippen LogP contribution in [0.15, 0.2) is 59.9 Å². The molecule has 2 rings (SSSR count). The number of carboxylic acid groups (broad SMARTS) is 1. The first-order valence-electron chi connectivity index (χ1n) is 8.98. The molecule has 0 fully saturated rings. The van der Waals surface area contributed by atoms with Gasteiger partial charge >= 0.3 is 5.97 Å². The number of carboxylic acids is 1. The summed E-state index contributed by atoms with van der Waals surface area (Å²) in [6, 6.07) is 7.41. The predicted octanol–water partition coefficient (Wildman–Crippen LogP) is 3.17. The number of benzene rings is 1. The topological polar surface area (TPSA) is 111 Å². The number of allylic oxidation sites excluding steroid dienone is 1. The van der Waals surface area contributed by atoms with Gasteiger partial charge in [0.15, 0.2) is 0 Å². The molecular weight excluding hydrogens is 342 g/mol. The lowest BCUT2D eigenvalue weighted by Crippen LogP contribution is -2.46. The van der Waals surface area contributed by atoms with Crippen LogP contribution in [0.2, 0.25) is 0 Å². The quantitative estimate of drug-likeness (QED) is 0.255. The average Bonchev–Trinajstić information content (AvgIpc) is 2.64. The third-order valence-corrected chi connectivity index (χ3v) is 4.97. The molecule has 6 nitrogen and oxygen atoms in total. The highest BCUT2D eigenvalue weighted by molar-refractivity contribution is 5.97. The van der Waals surface area contributed by atoms with Crippen molar-refractivity contribution in [2.75, 3.05) is 13.1 Å². The van der Waals surface area contributed by atoms with Gasteiger partial charge in [-0.3, -0.25) is 10.3 Å². The molecule has 6 heteroatoms. The normalized spacial score (nSPS) is 22.6. The number of hydrogen-bond acceptors (Lipinski definition) is 4. The van der Waals surface area contributed by atoms with Crippen LogP contribution in [-0.2, 0) is 10.3 Å². The van der Waals surface area contributed by atoms with Gasteiger partial charge in [0.05, 0.1) is 11.5 Å². The van der Waals surface area contributed by atoms with E-state index in [2.05, 4.69) is 4.90 Å². The Hall–Kier alpha value is -2.86. The smallest absolute Gasteiger partial charge is 0.330 e. The number of carbonyl (C=O) groups is 1. The molecule has 0 bridgehead atoms. The van der Waals surface area contributed by atoms with E-state index in [0.717, 1.165) is 5.56 Å². The van der Waals surface area contributed by atoms with Gasteiger partial charge in [-0.15, -0.1) is 0 Å². The maximum Gasteiger partial charge on any atom is 0.330 e. The molecule has 2 unspecified atom stereocenters. The standard InChI is InChI=1S/C21H27N3O3/c1-4-24(5-2)21(17-9-7-6-8-16(17)19(22)23)11-10-15(18(25)13-21)12-14(3)20(26)27/h6-13,15,25H,4-5H2,1-3H3,(H3,22,23)(H,26,27)/b14-12+. The van der Waals surface area contributed by atoms with E-state index in [-0.39, 0.29) is 17.2 Å². The molecule has 0 saturated heterocycles. The van der Waals surface area contributed by atoms with Crippen LogP contribution in [-0.4, -0.2) is 40.0 Å². The molecule has 0 aliphatic heterocycles. The predicted molar refractivity (Wildman–Crippen MR) is 107 cm³/mol. The zero-order chi connectivity index (χ0) is 20.2. The van der Waals surface area contributed by atoms with E-state index in [0.29, 0.717) is 18.7 Å². The van der Waals surface area contributed by atoms with E-state index in [4.69, 9.17) is 16.2 Å². The van der Waals surface area contributed by atoms with E-state index in [1.807, 2.05) is 38.1 Å². The minimum Gasteiger partial charge on any atom is -0.512 e. The molecule has 27 heavy (non-hydrogen) atoms. The summed E-state index contributed by atoms with van der Waals surface area (Å²) in [6.07, 6.45) is 7.01. The summed E-state index contributed by atoms with van der Waals surface area (Å²) < 4.78 is 0. The second kappa shape index (κ2) is 8.22. The second-order valence-corrected chi connectivity index (χ2v) is 6.57. The molecule has 1 aromatic carbocycles. The highest BCUT2D eigenvalue weighted by Gasteiger charge is 2.38. The van der Waals surface area contributed by atoms with Crippen molar-refractivity contribution < 1.29 is 15.0 Å². The number of nitrogens with one attached hydrogen (secondary N) is 1. The lowest BCUT2D eigenvalue weighted by Gasteiger charge is -2.42. The van der Waals surface area contributed by atoms with Gasteiger partial charge in [-0.2, -0.15) is 0 Å². The van der Waals surface area contributed by atoms with Crippen LogP contribution in [0.5, 0.6) is 0 Å². The number of hydrogen-bond donors (Lipinski definition) is 4. The Balaban J connectivity index is 2.65. The first-order chi connectivity index (χ1) is 12.8. The fourth-order valence-electron chi connectivity index (χ4n) is 3.55. The summed E-state index contributed by atoms with van der Waals surface area (Å²) in [7, 11) is 0. The molecule has 1 aliphatic rings. The molecule has 2 atom stereocenters. The van der Waals surface area contributed by atoms with Gasteiger partial charge in [0.25, 0.3) is 0 Å². The van der Waals surface area contributed by atoms with Crippen LogP contribution in [0, 0.1) is 11.3 Å². The Morgan fingerprint density at radius 3 is 2.48 bits per heavy atom. The van der Waals surface area contributed by atoms with E-state index in [1.165, 1.54) is 13.0 Å². The zero-order valence-corrected chi connectivity index (χ0v) is 15.9. The number of nitrogens with zero attached hydrogens (tertiary/aromatic N) is 1. The molecule has 0 spiro atoms. The lowest BCUT2D eigenvalue weighted by atomic mass is 9.78. The summed E-state index contributed by atoms with van der Waals surface area (Å²) in [6.45, 7) is 6.99. The molecule has 5 N–H and O–H groups in total. The van der Waals surface area contributed by atoms with Gasteiger partial charge < -0.3 is 15.9 Å². The fraction of sp³-hybridized carbons (Fsp3) is 0.333. The van der Waals surface area contributed by atoms with Crippen LogP contribution in [0.3, 0.4) is 0 Å². The monoisotopic (exact) mass is 369 g/mol. The Morgan fingerprint density at radius 2 is 1.96 bits per heavy atom. The maximum atomic E-state index is 11.1. The summed E-state index contributed by atoms with van der Waals surface area (Å²) in [4.78, 5) is 13.3. The molecule has 1 aliphatic carbocycles. The third kappa shape index (κ3) is 3.95. The first-order valence-corrected chi connectivity index (χ1v) is 8.98. The van der Waals surface area contributed by atoms with Crippen LogP contribution >= 0.6 is 0 Å².